The lowest BCUT2D eigenvalue weighted by atomic mass is 10.2. The van der Waals surface area contributed by atoms with E-state index >= 15 is 0 Å². The summed E-state index contributed by atoms with van der Waals surface area (Å²) in [6, 6.07) is 5.05. The van der Waals surface area contributed by atoms with E-state index < -0.39 is 0 Å². The standard InChI is InChI=1S/C15H20ClNO3S/c1-2-20-15(19)17-8-3-4-12(7-9-17)21-14-6-5-11(18)10-13(14)16/h5-6,10,12,18H,2-4,7-9H2,1H3. The van der Waals surface area contributed by atoms with E-state index in [1.165, 1.54) is 0 Å². The van der Waals surface area contributed by atoms with Gasteiger partial charge in [0.25, 0.3) is 0 Å². The summed E-state index contributed by atoms with van der Waals surface area (Å²) in [5.74, 6) is 0.179. The summed E-state index contributed by atoms with van der Waals surface area (Å²) >= 11 is 7.86. The average molecular weight is 330 g/mol. The molecule has 1 saturated heterocycles. The number of hydrogen-bond donors (Lipinski definition) is 1. The van der Waals surface area contributed by atoms with Gasteiger partial charge in [0.05, 0.1) is 11.6 Å². The maximum Gasteiger partial charge on any atom is 0.409 e. The fourth-order valence-corrected chi connectivity index (χ4v) is 3.84. The van der Waals surface area contributed by atoms with E-state index in [-0.39, 0.29) is 11.8 Å². The third-order valence-corrected chi connectivity index (χ3v) is 5.25. The fraction of sp³-hybridized carbons (Fsp3) is 0.533. The lowest BCUT2D eigenvalue weighted by Crippen LogP contribution is -2.32. The predicted molar refractivity (Wildman–Crippen MR) is 85.2 cm³/mol. The molecule has 0 aliphatic carbocycles. The molecule has 0 spiro atoms. The molecule has 0 saturated carbocycles. The third-order valence-electron chi connectivity index (χ3n) is 3.41. The molecule has 1 aromatic rings. The molecule has 1 amide bonds. The smallest absolute Gasteiger partial charge is 0.409 e. The van der Waals surface area contributed by atoms with Crippen molar-refractivity contribution in [2.75, 3.05) is 19.7 Å². The molecular formula is C15H20ClNO3S. The molecule has 1 unspecified atom stereocenters. The summed E-state index contributed by atoms with van der Waals surface area (Å²) in [5.41, 5.74) is 0. The number of halogens is 1. The zero-order chi connectivity index (χ0) is 15.2. The number of nitrogens with zero attached hydrogens (tertiary/aromatic N) is 1. The summed E-state index contributed by atoms with van der Waals surface area (Å²) in [6.45, 7) is 3.70. The Hall–Kier alpha value is -1.07. The van der Waals surface area contributed by atoms with Crippen LogP contribution in [0.15, 0.2) is 23.1 Å². The third kappa shape index (κ3) is 4.71. The van der Waals surface area contributed by atoms with Gasteiger partial charge in [-0.25, -0.2) is 4.79 Å². The van der Waals surface area contributed by atoms with E-state index in [0.29, 0.717) is 23.4 Å². The molecular weight excluding hydrogens is 310 g/mol. The minimum Gasteiger partial charge on any atom is -0.508 e. The SMILES string of the molecule is CCOC(=O)N1CCCC(Sc2ccc(O)cc2Cl)CC1. The number of carbonyl (C=O) groups excluding carboxylic acids is 1. The molecule has 0 bridgehead atoms. The number of amides is 1. The molecule has 1 aliphatic rings. The topological polar surface area (TPSA) is 49.8 Å². The van der Waals surface area contributed by atoms with E-state index in [9.17, 15) is 9.90 Å². The summed E-state index contributed by atoms with van der Waals surface area (Å²) in [7, 11) is 0. The van der Waals surface area contributed by atoms with Gasteiger partial charge in [-0.2, -0.15) is 0 Å². The highest BCUT2D eigenvalue weighted by atomic mass is 35.5. The van der Waals surface area contributed by atoms with Crippen LogP contribution in [0.2, 0.25) is 5.02 Å². The first-order valence-electron chi connectivity index (χ1n) is 7.17. The van der Waals surface area contributed by atoms with Crippen LogP contribution in [0.4, 0.5) is 4.79 Å². The van der Waals surface area contributed by atoms with Gasteiger partial charge in [-0.3, -0.25) is 0 Å². The molecule has 1 N–H and O–H groups in total. The Labute approximate surface area is 134 Å². The van der Waals surface area contributed by atoms with Crippen molar-refractivity contribution in [2.45, 2.75) is 36.3 Å². The largest absolute Gasteiger partial charge is 0.508 e. The highest BCUT2D eigenvalue weighted by molar-refractivity contribution is 8.00. The molecule has 0 aromatic heterocycles. The van der Waals surface area contributed by atoms with Gasteiger partial charge in [-0.1, -0.05) is 11.6 Å². The van der Waals surface area contributed by atoms with E-state index in [1.807, 2.05) is 13.0 Å². The first-order valence-corrected chi connectivity index (χ1v) is 8.42. The predicted octanol–water partition coefficient (Wildman–Crippen LogP) is 4.15. The quantitative estimate of drug-likeness (QED) is 0.905. The summed E-state index contributed by atoms with van der Waals surface area (Å²) in [4.78, 5) is 14.5. The van der Waals surface area contributed by atoms with Gasteiger partial charge in [0, 0.05) is 23.2 Å². The van der Waals surface area contributed by atoms with Gasteiger partial charge in [0.1, 0.15) is 5.75 Å². The lowest BCUT2D eigenvalue weighted by Gasteiger charge is -2.19. The van der Waals surface area contributed by atoms with Crippen LogP contribution in [-0.2, 0) is 4.74 Å². The second kappa shape index (κ2) is 7.80. The van der Waals surface area contributed by atoms with Gasteiger partial charge < -0.3 is 14.7 Å². The van der Waals surface area contributed by atoms with Crippen LogP contribution in [0.25, 0.3) is 0 Å². The second-order valence-corrected chi connectivity index (χ2v) is 6.72. The number of ether oxygens (including phenoxy) is 1. The van der Waals surface area contributed by atoms with E-state index in [1.54, 1.807) is 28.8 Å². The Kier molecular flexibility index (Phi) is 6.06. The van der Waals surface area contributed by atoms with Crippen LogP contribution in [0.3, 0.4) is 0 Å². The molecule has 1 fully saturated rings. The van der Waals surface area contributed by atoms with Crippen molar-refractivity contribution in [2.24, 2.45) is 0 Å². The Morgan fingerprint density at radius 1 is 1.48 bits per heavy atom. The van der Waals surface area contributed by atoms with Crippen molar-refractivity contribution in [3.8, 4) is 5.75 Å². The molecule has 4 nitrogen and oxygen atoms in total. The zero-order valence-corrected chi connectivity index (χ0v) is 13.6. The number of hydrogen-bond acceptors (Lipinski definition) is 4. The number of benzene rings is 1. The van der Waals surface area contributed by atoms with E-state index in [2.05, 4.69) is 0 Å². The normalized spacial score (nSPS) is 19.1. The number of thioether (sulfide) groups is 1. The molecule has 1 atom stereocenters. The minimum absolute atomic E-state index is 0.179. The van der Waals surface area contributed by atoms with Crippen LogP contribution >= 0.6 is 23.4 Å². The molecule has 116 valence electrons. The number of aromatic hydroxyl groups is 1. The van der Waals surface area contributed by atoms with Crippen LogP contribution < -0.4 is 0 Å². The number of phenolic OH excluding ortho intramolecular Hbond substituents is 1. The van der Waals surface area contributed by atoms with Gasteiger partial charge in [0.15, 0.2) is 0 Å². The molecule has 1 aliphatic heterocycles. The second-order valence-electron chi connectivity index (χ2n) is 4.97. The van der Waals surface area contributed by atoms with Crippen molar-refractivity contribution in [3.05, 3.63) is 23.2 Å². The van der Waals surface area contributed by atoms with Crippen molar-refractivity contribution in [3.63, 3.8) is 0 Å². The van der Waals surface area contributed by atoms with Crippen molar-refractivity contribution >= 4 is 29.5 Å². The zero-order valence-electron chi connectivity index (χ0n) is 12.0. The van der Waals surface area contributed by atoms with Crippen molar-refractivity contribution < 1.29 is 14.6 Å². The highest BCUT2D eigenvalue weighted by Crippen LogP contribution is 2.36. The van der Waals surface area contributed by atoms with Crippen LogP contribution in [0.5, 0.6) is 5.75 Å². The van der Waals surface area contributed by atoms with Crippen molar-refractivity contribution in [1.82, 2.24) is 4.90 Å². The summed E-state index contributed by atoms with van der Waals surface area (Å²) < 4.78 is 5.05. The molecule has 21 heavy (non-hydrogen) atoms. The summed E-state index contributed by atoms with van der Waals surface area (Å²) in [6.07, 6.45) is 2.70. The molecule has 2 rings (SSSR count). The number of likely N-dealkylation sites (tertiary alicyclic amines) is 1. The monoisotopic (exact) mass is 329 g/mol. The Balaban J connectivity index is 1.92. The maximum absolute atomic E-state index is 11.8. The van der Waals surface area contributed by atoms with Crippen LogP contribution in [0.1, 0.15) is 26.2 Å². The van der Waals surface area contributed by atoms with Crippen LogP contribution in [0, 0.1) is 0 Å². The Morgan fingerprint density at radius 3 is 3.00 bits per heavy atom. The maximum atomic E-state index is 11.8. The molecule has 6 heteroatoms. The Bertz CT molecular complexity index is 498. The van der Waals surface area contributed by atoms with E-state index in [4.69, 9.17) is 16.3 Å². The number of rotatable bonds is 3. The van der Waals surface area contributed by atoms with Crippen molar-refractivity contribution in [1.29, 1.82) is 0 Å². The van der Waals surface area contributed by atoms with Gasteiger partial charge in [-0.05, 0) is 44.4 Å². The van der Waals surface area contributed by atoms with E-state index in [0.717, 1.165) is 30.7 Å². The first kappa shape index (κ1) is 16.3. The molecule has 1 heterocycles. The minimum atomic E-state index is -0.217. The van der Waals surface area contributed by atoms with Gasteiger partial charge in [-0.15, -0.1) is 11.8 Å². The van der Waals surface area contributed by atoms with Crippen LogP contribution in [-0.4, -0.2) is 41.0 Å². The fourth-order valence-electron chi connectivity index (χ4n) is 2.35. The average Bonchev–Trinajstić information content (AvgIpc) is 2.68. The lowest BCUT2D eigenvalue weighted by molar-refractivity contribution is 0.108. The first-order chi connectivity index (χ1) is 10.1. The molecule has 0 radical (unpaired) electrons. The number of phenols is 1. The Morgan fingerprint density at radius 2 is 2.29 bits per heavy atom. The van der Waals surface area contributed by atoms with Gasteiger partial charge >= 0.3 is 6.09 Å². The highest BCUT2D eigenvalue weighted by Gasteiger charge is 2.22. The number of carbonyl (C=O) groups is 1. The van der Waals surface area contributed by atoms with Gasteiger partial charge in [0.2, 0.25) is 0 Å². The molecule has 1 aromatic carbocycles. The summed E-state index contributed by atoms with van der Waals surface area (Å²) in [5, 5.41) is 10.4.